The van der Waals surface area contributed by atoms with Crippen LogP contribution in [0.5, 0.6) is 0 Å². The minimum atomic E-state index is 0.199. The summed E-state index contributed by atoms with van der Waals surface area (Å²) in [7, 11) is 1.79. The van der Waals surface area contributed by atoms with Crippen LogP contribution in [0.3, 0.4) is 0 Å². The first-order valence-corrected chi connectivity index (χ1v) is 7.10. The molecule has 0 N–H and O–H groups in total. The van der Waals surface area contributed by atoms with Crippen LogP contribution in [0.2, 0.25) is 5.15 Å². The summed E-state index contributed by atoms with van der Waals surface area (Å²) in [5.74, 6) is 0.199. The van der Waals surface area contributed by atoms with Gasteiger partial charge in [0.2, 0.25) is 0 Å². The van der Waals surface area contributed by atoms with Crippen LogP contribution in [-0.4, -0.2) is 15.6 Å². The van der Waals surface area contributed by atoms with Crippen LogP contribution in [0.4, 0.5) is 0 Å². The third-order valence-electron chi connectivity index (χ3n) is 3.42. The van der Waals surface area contributed by atoms with E-state index >= 15 is 0 Å². The van der Waals surface area contributed by atoms with Gasteiger partial charge in [-0.2, -0.15) is 5.10 Å². The summed E-state index contributed by atoms with van der Waals surface area (Å²) in [6.07, 6.45) is 1.68. The SMILES string of the molecule is Cc1cccc(CCC(=O)Cc2c(C)nn(C)c2Cl)c1. The molecule has 0 atom stereocenters. The molecule has 0 unspecified atom stereocenters. The van der Waals surface area contributed by atoms with Gasteiger partial charge in [-0.1, -0.05) is 41.4 Å². The van der Waals surface area contributed by atoms with Gasteiger partial charge in [-0.15, -0.1) is 0 Å². The molecule has 0 radical (unpaired) electrons. The molecule has 4 heteroatoms. The largest absolute Gasteiger partial charge is 0.299 e. The molecule has 106 valence electrons. The van der Waals surface area contributed by atoms with Gasteiger partial charge in [-0.05, 0) is 25.8 Å². The molecule has 0 bridgehead atoms. The molecule has 1 aromatic heterocycles. The lowest BCUT2D eigenvalue weighted by Crippen LogP contribution is -2.05. The Labute approximate surface area is 124 Å². The van der Waals surface area contributed by atoms with Crippen molar-refractivity contribution in [1.29, 1.82) is 0 Å². The van der Waals surface area contributed by atoms with Gasteiger partial charge in [-0.3, -0.25) is 9.48 Å². The summed E-state index contributed by atoms with van der Waals surface area (Å²) < 4.78 is 1.61. The maximum absolute atomic E-state index is 12.1. The molecule has 0 amide bonds. The van der Waals surface area contributed by atoms with Crippen LogP contribution in [0.1, 0.15) is 28.8 Å². The van der Waals surface area contributed by atoms with E-state index in [0.717, 1.165) is 17.7 Å². The van der Waals surface area contributed by atoms with Crippen molar-refractivity contribution < 1.29 is 4.79 Å². The van der Waals surface area contributed by atoms with E-state index in [1.807, 2.05) is 13.0 Å². The number of hydrogen-bond donors (Lipinski definition) is 0. The summed E-state index contributed by atoms with van der Waals surface area (Å²) in [4.78, 5) is 12.1. The smallest absolute Gasteiger partial charge is 0.137 e. The lowest BCUT2D eigenvalue weighted by molar-refractivity contribution is -0.118. The third-order valence-corrected chi connectivity index (χ3v) is 3.89. The molecule has 0 aliphatic rings. The van der Waals surface area contributed by atoms with Gasteiger partial charge in [0.25, 0.3) is 0 Å². The van der Waals surface area contributed by atoms with Crippen molar-refractivity contribution in [3.05, 3.63) is 51.8 Å². The average molecular weight is 291 g/mol. The van der Waals surface area contributed by atoms with Crippen molar-refractivity contribution in [3.63, 3.8) is 0 Å². The number of rotatable bonds is 5. The fourth-order valence-corrected chi connectivity index (χ4v) is 2.55. The first kappa shape index (κ1) is 14.8. The molecule has 2 aromatic rings. The minimum Gasteiger partial charge on any atom is -0.299 e. The number of benzene rings is 1. The van der Waals surface area contributed by atoms with Crippen LogP contribution in [0, 0.1) is 13.8 Å². The summed E-state index contributed by atoms with van der Waals surface area (Å²) in [5.41, 5.74) is 4.11. The Morgan fingerprint density at radius 2 is 2.10 bits per heavy atom. The molecule has 0 aliphatic heterocycles. The fourth-order valence-electron chi connectivity index (χ4n) is 2.31. The molecular weight excluding hydrogens is 272 g/mol. The van der Waals surface area contributed by atoms with Gasteiger partial charge < -0.3 is 0 Å². The molecule has 2 rings (SSSR count). The predicted octanol–water partition coefficient (Wildman–Crippen LogP) is 3.43. The molecule has 0 saturated carbocycles. The Morgan fingerprint density at radius 3 is 2.70 bits per heavy atom. The van der Waals surface area contributed by atoms with Gasteiger partial charge in [0.1, 0.15) is 10.9 Å². The number of ketones is 1. The van der Waals surface area contributed by atoms with E-state index in [1.54, 1.807) is 11.7 Å². The van der Waals surface area contributed by atoms with Crippen molar-refractivity contribution in [2.45, 2.75) is 33.1 Å². The van der Waals surface area contributed by atoms with Crippen LogP contribution < -0.4 is 0 Å². The number of carbonyl (C=O) groups is 1. The van der Waals surface area contributed by atoms with Gasteiger partial charge in [-0.25, -0.2) is 0 Å². The van der Waals surface area contributed by atoms with Crippen LogP contribution >= 0.6 is 11.6 Å². The van der Waals surface area contributed by atoms with E-state index in [4.69, 9.17) is 11.6 Å². The van der Waals surface area contributed by atoms with Crippen LogP contribution in [-0.2, 0) is 24.7 Å². The number of hydrogen-bond acceptors (Lipinski definition) is 2. The Hall–Kier alpha value is -1.61. The number of aryl methyl sites for hydroxylation is 4. The molecular formula is C16H19ClN2O. The first-order chi connectivity index (χ1) is 9.47. The van der Waals surface area contributed by atoms with Crippen molar-refractivity contribution in [3.8, 4) is 0 Å². The zero-order valence-corrected chi connectivity index (χ0v) is 12.9. The zero-order valence-electron chi connectivity index (χ0n) is 12.1. The highest BCUT2D eigenvalue weighted by atomic mass is 35.5. The quantitative estimate of drug-likeness (QED) is 0.845. The van der Waals surface area contributed by atoms with Crippen molar-refractivity contribution in [2.24, 2.45) is 7.05 Å². The molecule has 20 heavy (non-hydrogen) atoms. The molecule has 0 spiro atoms. The summed E-state index contributed by atoms with van der Waals surface area (Å²) in [5, 5.41) is 4.79. The molecule has 1 aromatic carbocycles. The Bertz CT molecular complexity index is 631. The number of carbonyl (C=O) groups excluding carboxylic acids is 1. The van der Waals surface area contributed by atoms with Gasteiger partial charge in [0, 0.05) is 25.5 Å². The Balaban J connectivity index is 1.96. The maximum atomic E-state index is 12.1. The van der Waals surface area contributed by atoms with Crippen LogP contribution in [0.25, 0.3) is 0 Å². The van der Waals surface area contributed by atoms with Gasteiger partial charge >= 0.3 is 0 Å². The molecule has 0 aliphatic carbocycles. The number of halogens is 1. The number of aromatic nitrogens is 2. The lowest BCUT2D eigenvalue weighted by Gasteiger charge is -2.03. The highest BCUT2D eigenvalue weighted by molar-refractivity contribution is 6.30. The van der Waals surface area contributed by atoms with Crippen molar-refractivity contribution in [2.75, 3.05) is 0 Å². The molecule has 3 nitrogen and oxygen atoms in total. The summed E-state index contributed by atoms with van der Waals surface area (Å²) in [6, 6.07) is 8.26. The standard InChI is InChI=1S/C16H19ClN2O/c1-11-5-4-6-13(9-11)7-8-14(20)10-15-12(2)18-19(3)16(15)17/h4-6,9H,7-8,10H2,1-3H3. The fraction of sp³-hybridized carbons (Fsp3) is 0.375. The second-order valence-electron chi connectivity index (χ2n) is 5.18. The number of nitrogens with zero attached hydrogens (tertiary/aromatic N) is 2. The minimum absolute atomic E-state index is 0.199. The topological polar surface area (TPSA) is 34.9 Å². The molecule has 0 fully saturated rings. The van der Waals surface area contributed by atoms with E-state index < -0.39 is 0 Å². The van der Waals surface area contributed by atoms with Gasteiger partial charge in [0.15, 0.2) is 0 Å². The van der Waals surface area contributed by atoms with E-state index in [9.17, 15) is 4.79 Å². The monoisotopic (exact) mass is 290 g/mol. The molecule has 0 saturated heterocycles. The van der Waals surface area contributed by atoms with Gasteiger partial charge in [0.05, 0.1) is 5.69 Å². The lowest BCUT2D eigenvalue weighted by atomic mass is 10.0. The first-order valence-electron chi connectivity index (χ1n) is 6.72. The normalized spacial score (nSPS) is 10.8. The average Bonchev–Trinajstić information content (AvgIpc) is 2.63. The predicted molar refractivity (Wildman–Crippen MR) is 81.2 cm³/mol. The summed E-state index contributed by atoms with van der Waals surface area (Å²) >= 11 is 6.14. The second kappa shape index (κ2) is 6.23. The van der Waals surface area contributed by atoms with Crippen LogP contribution in [0.15, 0.2) is 24.3 Å². The van der Waals surface area contributed by atoms with E-state index in [1.165, 1.54) is 11.1 Å². The highest BCUT2D eigenvalue weighted by Gasteiger charge is 2.14. The summed E-state index contributed by atoms with van der Waals surface area (Å²) in [6.45, 7) is 3.94. The zero-order chi connectivity index (χ0) is 14.7. The van der Waals surface area contributed by atoms with E-state index in [2.05, 4.69) is 30.2 Å². The Kier molecular flexibility index (Phi) is 4.61. The van der Waals surface area contributed by atoms with Crippen molar-refractivity contribution >= 4 is 17.4 Å². The maximum Gasteiger partial charge on any atom is 0.137 e. The highest BCUT2D eigenvalue weighted by Crippen LogP contribution is 2.20. The molecule has 1 heterocycles. The Morgan fingerprint density at radius 1 is 1.35 bits per heavy atom. The van der Waals surface area contributed by atoms with E-state index in [-0.39, 0.29) is 5.78 Å². The second-order valence-corrected chi connectivity index (χ2v) is 5.54. The number of Topliss-reactive ketones (excluding diaryl/α,β-unsaturated/α-hetero) is 1. The van der Waals surface area contributed by atoms with E-state index in [0.29, 0.717) is 18.0 Å². The van der Waals surface area contributed by atoms with Crippen molar-refractivity contribution in [1.82, 2.24) is 9.78 Å². The third kappa shape index (κ3) is 3.48.